The normalized spacial score (nSPS) is 43.3. The van der Waals surface area contributed by atoms with Crippen LogP contribution in [0.25, 0.3) is 0 Å². The van der Waals surface area contributed by atoms with Crippen molar-refractivity contribution in [2.75, 3.05) is 0 Å². The molecule has 1 N–H and O–H groups in total. The van der Waals surface area contributed by atoms with Gasteiger partial charge in [-0.1, -0.05) is 26.7 Å². The standard InChI is InChI=1S/C13H25N/c1-3-11-7-8-12(9-11)14-13-6-4-5-10(13)2/h10-14H,3-9H2,1-2H3. The number of hydrogen-bond donors (Lipinski definition) is 1. The fourth-order valence-corrected chi connectivity index (χ4v) is 3.29. The average Bonchev–Trinajstić information content (AvgIpc) is 2.77. The van der Waals surface area contributed by atoms with E-state index in [0.717, 1.165) is 23.9 Å². The Morgan fingerprint density at radius 3 is 2.57 bits per heavy atom. The van der Waals surface area contributed by atoms with E-state index in [9.17, 15) is 0 Å². The quantitative estimate of drug-likeness (QED) is 0.728. The first-order valence-electron chi connectivity index (χ1n) is 6.55. The van der Waals surface area contributed by atoms with Crippen LogP contribution in [0.3, 0.4) is 0 Å². The van der Waals surface area contributed by atoms with Crippen molar-refractivity contribution in [1.82, 2.24) is 5.32 Å². The largest absolute Gasteiger partial charge is 0.311 e. The molecular formula is C13H25N. The van der Waals surface area contributed by atoms with Crippen molar-refractivity contribution in [3.8, 4) is 0 Å². The van der Waals surface area contributed by atoms with Crippen molar-refractivity contribution in [1.29, 1.82) is 0 Å². The Morgan fingerprint density at radius 1 is 1.14 bits per heavy atom. The van der Waals surface area contributed by atoms with Crippen LogP contribution in [0.4, 0.5) is 0 Å². The zero-order valence-electron chi connectivity index (χ0n) is 9.76. The van der Waals surface area contributed by atoms with E-state index in [4.69, 9.17) is 0 Å². The highest BCUT2D eigenvalue weighted by Crippen LogP contribution is 2.31. The van der Waals surface area contributed by atoms with Crippen molar-refractivity contribution in [3.63, 3.8) is 0 Å². The average molecular weight is 195 g/mol. The van der Waals surface area contributed by atoms with E-state index in [2.05, 4.69) is 19.2 Å². The fraction of sp³-hybridized carbons (Fsp3) is 1.00. The minimum Gasteiger partial charge on any atom is -0.311 e. The topological polar surface area (TPSA) is 12.0 Å². The monoisotopic (exact) mass is 195 g/mol. The minimum atomic E-state index is 0.843. The second-order valence-electron chi connectivity index (χ2n) is 5.47. The molecule has 2 fully saturated rings. The van der Waals surface area contributed by atoms with Gasteiger partial charge in [-0.05, 0) is 43.9 Å². The minimum absolute atomic E-state index is 0.843. The summed E-state index contributed by atoms with van der Waals surface area (Å²) in [6.45, 7) is 4.75. The zero-order chi connectivity index (χ0) is 9.97. The summed E-state index contributed by atoms with van der Waals surface area (Å²) in [6, 6.07) is 1.70. The smallest absolute Gasteiger partial charge is 0.00952 e. The van der Waals surface area contributed by atoms with E-state index in [-0.39, 0.29) is 0 Å². The van der Waals surface area contributed by atoms with Gasteiger partial charge in [0.1, 0.15) is 0 Å². The van der Waals surface area contributed by atoms with E-state index >= 15 is 0 Å². The Morgan fingerprint density at radius 2 is 2.00 bits per heavy atom. The molecule has 2 rings (SSSR count). The molecule has 0 aliphatic heterocycles. The molecule has 14 heavy (non-hydrogen) atoms. The van der Waals surface area contributed by atoms with Crippen LogP contribution in [0.15, 0.2) is 0 Å². The Labute approximate surface area is 88.7 Å². The van der Waals surface area contributed by atoms with Crippen LogP contribution in [0, 0.1) is 11.8 Å². The van der Waals surface area contributed by atoms with Crippen molar-refractivity contribution in [2.24, 2.45) is 11.8 Å². The van der Waals surface area contributed by atoms with Gasteiger partial charge in [-0.25, -0.2) is 0 Å². The first-order chi connectivity index (χ1) is 6.79. The molecule has 0 amide bonds. The van der Waals surface area contributed by atoms with Gasteiger partial charge in [0, 0.05) is 12.1 Å². The summed E-state index contributed by atoms with van der Waals surface area (Å²) in [5.41, 5.74) is 0. The third kappa shape index (κ3) is 2.31. The number of hydrogen-bond acceptors (Lipinski definition) is 1. The van der Waals surface area contributed by atoms with Gasteiger partial charge in [0.25, 0.3) is 0 Å². The van der Waals surface area contributed by atoms with Crippen molar-refractivity contribution >= 4 is 0 Å². The van der Waals surface area contributed by atoms with Crippen LogP contribution in [-0.4, -0.2) is 12.1 Å². The van der Waals surface area contributed by atoms with E-state index in [0.29, 0.717) is 0 Å². The Hall–Kier alpha value is -0.0400. The summed E-state index contributed by atoms with van der Waals surface area (Å²) in [6.07, 6.45) is 10.0. The molecule has 0 bridgehead atoms. The molecule has 0 aromatic rings. The molecule has 0 saturated heterocycles. The predicted molar refractivity (Wildman–Crippen MR) is 61.4 cm³/mol. The van der Waals surface area contributed by atoms with Gasteiger partial charge in [-0.15, -0.1) is 0 Å². The third-order valence-corrected chi connectivity index (χ3v) is 4.43. The van der Waals surface area contributed by atoms with Crippen LogP contribution in [0.2, 0.25) is 0 Å². The molecule has 0 spiro atoms. The zero-order valence-corrected chi connectivity index (χ0v) is 9.76. The van der Waals surface area contributed by atoms with Crippen LogP contribution in [0.1, 0.15) is 58.8 Å². The van der Waals surface area contributed by atoms with Gasteiger partial charge in [0.05, 0.1) is 0 Å². The Kier molecular flexibility index (Phi) is 3.48. The summed E-state index contributed by atoms with van der Waals surface area (Å²) in [7, 11) is 0. The molecule has 2 aliphatic rings. The van der Waals surface area contributed by atoms with E-state index in [1.807, 2.05) is 0 Å². The molecule has 0 aromatic carbocycles. The molecule has 82 valence electrons. The molecule has 4 unspecified atom stereocenters. The highest BCUT2D eigenvalue weighted by atomic mass is 15.0. The molecule has 1 heteroatoms. The molecule has 1 nitrogen and oxygen atoms in total. The van der Waals surface area contributed by atoms with Crippen LogP contribution in [0.5, 0.6) is 0 Å². The summed E-state index contributed by atoms with van der Waals surface area (Å²) in [4.78, 5) is 0. The first kappa shape index (κ1) is 10.5. The van der Waals surface area contributed by atoms with Gasteiger partial charge < -0.3 is 5.32 Å². The third-order valence-electron chi connectivity index (χ3n) is 4.43. The maximum Gasteiger partial charge on any atom is 0.00952 e. The summed E-state index contributed by atoms with van der Waals surface area (Å²) >= 11 is 0. The second kappa shape index (κ2) is 4.65. The highest BCUT2D eigenvalue weighted by Gasteiger charge is 2.29. The lowest BCUT2D eigenvalue weighted by Crippen LogP contribution is -2.38. The van der Waals surface area contributed by atoms with Crippen molar-refractivity contribution in [2.45, 2.75) is 70.9 Å². The molecule has 0 aromatic heterocycles. The number of nitrogens with one attached hydrogen (secondary N) is 1. The molecule has 0 heterocycles. The van der Waals surface area contributed by atoms with Crippen molar-refractivity contribution < 1.29 is 0 Å². The molecule has 2 aliphatic carbocycles. The van der Waals surface area contributed by atoms with Crippen LogP contribution in [-0.2, 0) is 0 Å². The fourth-order valence-electron chi connectivity index (χ4n) is 3.29. The first-order valence-corrected chi connectivity index (χ1v) is 6.55. The lowest BCUT2D eigenvalue weighted by molar-refractivity contribution is 0.365. The lowest BCUT2D eigenvalue weighted by atomic mass is 10.0. The Bertz CT molecular complexity index is 178. The maximum atomic E-state index is 3.89. The van der Waals surface area contributed by atoms with Crippen LogP contribution >= 0.6 is 0 Å². The van der Waals surface area contributed by atoms with Gasteiger partial charge >= 0.3 is 0 Å². The van der Waals surface area contributed by atoms with Gasteiger partial charge in [0.2, 0.25) is 0 Å². The summed E-state index contributed by atoms with van der Waals surface area (Å²) in [5.74, 6) is 1.94. The van der Waals surface area contributed by atoms with Gasteiger partial charge in [-0.2, -0.15) is 0 Å². The summed E-state index contributed by atoms with van der Waals surface area (Å²) in [5, 5.41) is 3.89. The molecule has 4 atom stereocenters. The lowest BCUT2D eigenvalue weighted by Gasteiger charge is -2.22. The SMILES string of the molecule is CCC1CCC(NC2CCCC2C)C1. The maximum absolute atomic E-state index is 3.89. The van der Waals surface area contributed by atoms with Crippen LogP contribution < -0.4 is 5.32 Å². The van der Waals surface area contributed by atoms with E-state index in [1.165, 1.54) is 44.9 Å². The molecule has 0 radical (unpaired) electrons. The predicted octanol–water partition coefficient (Wildman–Crippen LogP) is 3.34. The Balaban J connectivity index is 1.75. The number of rotatable bonds is 3. The highest BCUT2D eigenvalue weighted by molar-refractivity contribution is 4.87. The van der Waals surface area contributed by atoms with E-state index < -0.39 is 0 Å². The second-order valence-corrected chi connectivity index (χ2v) is 5.47. The van der Waals surface area contributed by atoms with Crippen molar-refractivity contribution in [3.05, 3.63) is 0 Å². The van der Waals surface area contributed by atoms with Gasteiger partial charge in [0.15, 0.2) is 0 Å². The molecule has 2 saturated carbocycles. The summed E-state index contributed by atoms with van der Waals surface area (Å²) < 4.78 is 0. The molecular weight excluding hydrogens is 170 g/mol. The van der Waals surface area contributed by atoms with E-state index in [1.54, 1.807) is 0 Å². The van der Waals surface area contributed by atoms with Gasteiger partial charge in [-0.3, -0.25) is 0 Å².